The van der Waals surface area contributed by atoms with Gasteiger partial charge >= 0.3 is 6.03 Å². The SMILES string of the molecule is CCOCCCNC(=O)Nc1ccc(Cl)cc1. The third-order valence-electron chi connectivity index (χ3n) is 2.06. The van der Waals surface area contributed by atoms with Gasteiger partial charge in [-0.05, 0) is 37.6 Å². The van der Waals surface area contributed by atoms with Crippen molar-refractivity contribution in [2.75, 3.05) is 25.1 Å². The van der Waals surface area contributed by atoms with Gasteiger partial charge in [0.05, 0.1) is 0 Å². The molecule has 0 atom stereocenters. The normalized spacial score (nSPS) is 10.0. The van der Waals surface area contributed by atoms with Gasteiger partial charge in [-0.15, -0.1) is 0 Å². The molecule has 0 aliphatic carbocycles. The third kappa shape index (κ3) is 6.14. The molecule has 2 N–H and O–H groups in total. The molecule has 0 unspecified atom stereocenters. The molecule has 5 heteroatoms. The van der Waals surface area contributed by atoms with Gasteiger partial charge in [0.15, 0.2) is 0 Å². The van der Waals surface area contributed by atoms with Crippen molar-refractivity contribution < 1.29 is 9.53 Å². The van der Waals surface area contributed by atoms with E-state index in [4.69, 9.17) is 16.3 Å². The number of hydrogen-bond acceptors (Lipinski definition) is 2. The minimum Gasteiger partial charge on any atom is -0.382 e. The molecule has 0 spiro atoms. The van der Waals surface area contributed by atoms with Crippen LogP contribution < -0.4 is 10.6 Å². The van der Waals surface area contributed by atoms with E-state index in [1.54, 1.807) is 24.3 Å². The maximum atomic E-state index is 11.4. The van der Waals surface area contributed by atoms with Crippen LogP contribution >= 0.6 is 11.6 Å². The number of nitrogens with one attached hydrogen (secondary N) is 2. The largest absolute Gasteiger partial charge is 0.382 e. The number of anilines is 1. The highest BCUT2D eigenvalue weighted by molar-refractivity contribution is 6.30. The van der Waals surface area contributed by atoms with Gasteiger partial charge in [0, 0.05) is 30.5 Å². The predicted octanol–water partition coefficient (Wildman–Crippen LogP) is 2.89. The van der Waals surface area contributed by atoms with Crippen LogP contribution in [-0.4, -0.2) is 25.8 Å². The number of hydrogen-bond donors (Lipinski definition) is 2. The number of ether oxygens (including phenoxy) is 1. The second-order valence-corrected chi connectivity index (χ2v) is 3.87. The van der Waals surface area contributed by atoms with Crippen molar-refractivity contribution in [3.8, 4) is 0 Å². The highest BCUT2D eigenvalue weighted by atomic mass is 35.5. The molecule has 0 aliphatic rings. The van der Waals surface area contributed by atoms with E-state index in [0.717, 1.165) is 12.1 Å². The fourth-order valence-corrected chi connectivity index (χ4v) is 1.35. The smallest absolute Gasteiger partial charge is 0.319 e. The van der Waals surface area contributed by atoms with Gasteiger partial charge in [-0.1, -0.05) is 11.6 Å². The average Bonchev–Trinajstić information content (AvgIpc) is 2.32. The number of carbonyl (C=O) groups is 1. The van der Waals surface area contributed by atoms with Crippen LogP contribution in [0.5, 0.6) is 0 Å². The van der Waals surface area contributed by atoms with Gasteiger partial charge in [0.1, 0.15) is 0 Å². The van der Waals surface area contributed by atoms with Crippen LogP contribution in [0.1, 0.15) is 13.3 Å². The molecule has 0 aliphatic heterocycles. The molecule has 1 aromatic rings. The van der Waals surface area contributed by atoms with Crippen LogP contribution in [0.4, 0.5) is 10.5 Å². The maximum Gasteiger partial charge on any atom is 0.319 e. The lowest BCUT2D eigenvalue weighted by atomic mass is 10.3. The molecule has 0 fully saturated rings. The molecule has 0 saturated carbocycles. The molecule has 1 rings (SSSR count). The van der Waals surface area contributed by atoms with E-state index in [0.29, 0.717) is 24.8 Å². The van der Waals surface area contributed by atoms with E-state index in [9.17, 15) is 4.79 Å². The van der Waals surface area contributed by atoms with E-state index in [2.05, 4.69) is 10.6 Å². The van der Waals surface area contributed by atoms with Crippen molar-refractivity contribution in [3.63, 3.8) is 0 Å². The number of amides is 2. The van der Waals surface area contributed by atoms with E-state index >= 15 is 0 Å². The summed E-state index contributed by atoms with van der Waals surface area (Å²) in [5.74, 6) is 0. The van der Waals surface area contributed by atoms with Crippen LogP contribution in [0.2, 0.25) is 5.02 Å². The summed E-state index contributed by atoms with van der Waals surface area (Å²) in [6, 6.07) is 6.74. The fourth-order valence-electron chi connectivity index (χ4n) is 1.23. The van der Waals surface area contributed by atoms with Crippen molar-refractivity contribution in [1.29, 1.82) is 0 Å². The van der Waals surface area contributed by atoms with Crippen molar-refractivity contribution in [3.05, 3.63) is 29.3 Å². The molecule has 4 nitrogen and oxygen atoms in total. The van der Waals surface area contributed by atoms with Crippen molar-refractivity contribution >= 4 is 23.3 Å². The lowest BCUT2D eigenvalue weighted by Crippen LogP contribution is -2.30. The van der Waals surface area contributed by atoms with Gasteiger partial charge in [-0.25, -0.2) is 4.79 Å². The van der Waals surface area contributed by atoms with Crippen molar-refractivity contribution in [2.45, 2.75) is 13.3 Å². The van der Waals surface area contributed by atoms with E-state index < -0.39 is 0 Å². The molecular weight excluding hydrogens is 240 g/mol. The Morgan fingerprint density at radius 1 is 1.35 bits per heavy atom. The average molecular weight is 257 g/mol. The first-order valence-corrected chi connectivity index (χ1v) is 5.98. The molecule has 0 radical (unpaired) electrons. The monoisotopic (exact) mass is 256 g/mol. The third-order valence-corrected chi connectivity index (χ3v) is 2.31. The highest BCUT2D eigenvalue weighted by Gasteiger charge is 2.00. The number of halogens is 1. The molecule has 17 heavy (non-hydrogen) atoms. The Hall–Kier alpha value is -1.26. The van der Waals surface area contributed by atoms with Crippen molar-refractivity contribution in [2.24, 2.45) is 0 Å². The highest BCUT2D eigenvalue weighted by Crippen LogP contribution is 2.12. The van der Waals surface area contributed by atoms with Gasteiger partial charge < -0.3 is 15.4 Å². The Kier molecular flexibility index (Phi) is 6.43. The first kappa shape index (κ1) is 13.8. The number of urea groups is 1. The first-order chi connectivity index (χ1) is 8.22. The molecule has 94 valence electrons. The predicted molar refractivity (Wildman–Crippen MR) is 69.6 cm³/mol. The Labute approximate surface area is 106 Å². The summed E-state index contributed by atoms with van der Waals surface area (Å²) in [6.07, 6.45) is 0.807. The minimum absolute atomic E-state index is 0.219. The lowest BCUT2D eigenvalue weighted by Gasteiger charge is -2.07. The maximum absolute atomic E-state index is 11.4. The molecule has 0 saturated heterocycles. The second-order valence-electron chi connectivity index (χ2n) is 3.44. The summed E-state index contributed by atoms with van der Waals surface area (Å²) in [5.41, 5.74) is 0.719. The molecule has 0 aromatic heterocycles. The summed E-state index contributed by atoms with van der Waals surface area (Å²) in [6.45, 7) is 3.91. The number of carbonyl (C=O) groups excluding carboxylic acids is 1. The van der Waals surface area contributed by atoms with Crippen LogP contribution in [0.15, 0.2) is 24.3 Å². The zero-order valence-corrected chi connectivity index (χ0v) is 10.6. The van der Waals surface area contributed by atoms with E-state index in [-0.39, 0.29) is 6.03 Å². The lowest BCUT2D eigenvalue weighted by molar-refractivity contribution is 0.145. The van der Waals surface area contributed by atoms with Crippen LogP contribution in [0.25, 0.3) is 0 Å². The minimum atomic E-state index is -0.219. The Morgan fingerprint density at radius 2 is 2.06 bits per heavy atom. The number of rotatable bonds is 6. The molecule has 0 heterocycles. The fraction of sp³-hybridized carbons (Fsp3) is 0.417. The Bertz CT molecular complexity index is 341. The van der Waals surface area contributed by atoms with Crippen molar-refractivity contribution in [1.82, 2.24) is 5.32 Å². The standard InChI is InChI=1S/C12H17ClN2O2/c1-2-17-9-3-8-14-12(16)15-11-6-4-10(13)5-7-11/h4-7H,2-3,8-9H2,1H3,(H2,14,15,16). The summed E-state index contributed by atoms with van der Waals surface area (Å²) in [5, 5.41) is 6.10. The summed E-state index contributed by atoms with van der Waals surface area (Å²) in [4.78, 5) is 11.4. The second kappa shape index (κ2) is 7.92. The van der Waals surface area contributed by atoms with Crippen LogP contribution in [0, 0.1) is 0 Å². The molecule has 2 amide bonds. The van der Waals surface area contributed by atoms with Gasteiger partial charge in [0.25, 0.3) is 0 Å². The Morgan fingerprint density at radius 3 is 2.71 bits per heavy atom. The zero-order valence-electron chi connectivity index (χ0n) is 9.83. The topological polar surface area (TPSA) is 50.4 Å². The van der Waals surface area contributed by atoms with E-state index in [1.165, 1.54) is 0 Å². The van der Waals surface area contributed by atoms with Gasteiger partial charge in [0.2, 0.25) is 0 Å². The molecule has 1 aromatic carbocycles. The van der Waals surface area contributed by atoms with Gasteiger partial charge in [-0.3, -0.25) is 0 Å². The summed E-state index contributed by atoms with van der Waals surface area (Å²) >= 11 is 5.74. The van der Waals surface area contributed by atoms with Crippen LogP contribution in [-0.2, 0) is 4.74 Å². The quantitative estimate of drug-likeness (QED) is 0.769. The first-order valence-electron chi connectivity index (χ1n) is 5.60. The van der Waals surface area contributed by atoms with Crippen LogP contribution in [0.3, 0.4) is 0 Å². The van der Waals surface area contributed by atoms with Gasteiger partial charge in [-0.2, -0.15) is 0 Å². The summed E-state index contributed by atoms with van der Waals surface area (Å²) in [7, 11) is 0. The summed E-state index contributed by atoms with van der Waals surface area (Å²) < 4.78 is 5.16. The van der Waals surface area contributed by atoms with E-state index in [1.807, 2.05) is 6.92 Å². The Balaban J connectivity index is 2.18. The molecular formula is C12H17ClN2O2. The number of benzene rings is 1. The zero-order chi connectivity index (χ0) is 12.5. The molecule has 0 bridgehead atoms.